The molecule has 3 rings (SSSR count). The summed E-state index contributed by atoms with van der Waals surface area (Å²) in [7, 11) is 0. The summed E-state index contributed by atoms with van der Waals surface area (Å²) >= 11 is 1.50. The van der Waals surface area contributed by atoms with Gasteiger partial charge in [-0.1, -0.05) is 43.3 Å². The molecular formula is C21H23N3O3S. The van der Waals surface area contributed by atoms with Crippen LogP contribution in [0.2, 0.25) is 0 Å². The minimum Gasteiger partial charge on any atom is -0.449 e. The number of ether oxygens (including phenoxy) is 1. The molecule has 28 heavy (non-hydrogen) atoms. The average molecular weight is 398 g/mol. The Morgan fingerprint density at radius 2 is 2.00 bits per heavy atom. The number of benzene rings is 1. The molecule has 2 aromatic heterocycles. The number of amides is 1. The summed E-state index contributed by atoms with van der Waals surface area (Å²) in [6, 6.07) is 13.7. The van der Waals surface area contributed by atoms with Gasteiger partial charge in [-0.15, -0.1) is 11.3 Å². The first-order chi connectivity index (χ1) is 13.6. The van der Waals surface area contributed by atoms with Gasteiger partial charge in [-0.2, -0.15) is 5.10 Å². The summed E-state index contributed by atoms with van der Waals surface area (Å²) in [5, 5.41) is 9.26. The molecule has 1 amide bonds. The number of carbonyl (C=O) groups excluding carboxylic acids is 2. The summed E-state index contributed by atoms with van der Waals surface area (Å²) in [4.78, 5) is 25.7. The molecular weight excluding hydrogens is 374 g/mol. The lowest BCUT2D eigenvalue weighted by Gasteiger charge is -2.12. The highest BCUT2D eigenvalue weighted by Gasteiger charge is 2.24. The van der Waals surface area contributed by atoms with E-state index in [0.717, 1.165) is 16.9 Å². The van der Waals surface area contributed by atoms with E-state index in [9.17, 15) is 9.59 Å². The van der Waals surface area contributed by atoms with Gasteiger partial charge in [-0.25, -0.2) is 4.79 Å². The van der Waals surface area contributed by atoms with Gasteiger partial charge in [0.2, 0.25) is 0 Å². The van der Waals surface area contributed by atoms with Gasteiger partial charge in [-0.05, 0) is 30.4 Å². The van der Waals surface area contributed by atoms with Gasteiger partial charge in [0.15, 0.2) is 6.10 Å². The van der Waals surface area contributed by atoms with Crippen LogP contribution in [0.4, 0.5) is 0 Å². The number of nitrogens with one attached hydrogen (secondary N) is 1. The maximum atomic E-state index is 12.8. The van der Waals surface area contributed by atoms with Gasteiger partial charge >= 0.3 is 5.97 Å². The standard InChI is InChI=1S/C21H23N3O3S/c1-3-11-22-20(25)15(2)27-21(26)17-14-24(13-16-8-5-4-6-9-16)23-19(17)18-10-7-12-28-18/h4-10,12,14-15H,3,11,13H2,1-2H3,(H,22,25)/t15-/m1/s1. The fraction of sp³-hybridized carbons (Fsp3) is 0.286. The molecule has 0 aliphatic rings. The van der Waals surface area contributed by atoms with Crippen molar-refractivity contribution < 1.29 is 14.3 Å². The van der Waals surface area contributed by atoms with Crippen LogP contribution in [-0.4, -0.2) is 34.3 Å². The Balaban J connectivity index is 1.82. The third-order valence-electron chi connectivity index (χ3n) is 4.13. The number of hydrogen-bond acceptors (Lipinski definition) is 5. The summed E-state index contributed by atoms with van der Waals surface area (Å²) < 4.78 is 7.12. The van der Waals surface area contributed by atoms with Crippen molar-refractivity contribution in [3.05, 3.63) is 65.2 Å². The molecule has 0 aliphatic heterocycles. The highest BCUT2D eigenvalue weighted by Crippen LogP contribution is 2.27. The lowest BCUT2D eigenvalue weighted by Crippen LogP contribution is -2.36. The molecule has 146 valence electrons. The van der Waals surface area contributed by atoms with Crippen molar-refractivity contribution in [3.63, 3.8) is 0 Å². The zero-order chi connectivity index (χ0) is 19.9. The zero-order valence-corrected chi connectivity index (χ0v) is 16.7. The third-order valence-corrected chi connectivity index (χ3v) is 5.00. The monoisotopic (exact) mass is 397 g/mol. The molecule has 0 radical (unpaired) electrons. The van der Waals surface area contributed by atoms with E-state index in [1.54, 1.807) is 17.8 Å². The van der Waals surface area contributed by atoms with E-state index < -0.39 is 12.1 Å². The molecule has 0 unspecified atom stereocenters. The van der Waals surface area contributed by atoms with Gasteiger partial charge < -0.3 is 10.1 Å². The lowest BCUT2D eigenvalue weighted by atomic mass is 10.2. The first kappa shape index (κ1) is 19.8. The normalized spacial score (nSPS) is 11.8. The van der Waals surface area contributed by atoms with Crippen LogP contribution in [0.1, 0.15) is 36.2 Å². The van der Waals surface area contributed by atoms with Crippen LogP contribution in [0.15, 0.2) is 54.0 Å². The van der Waals surface area contributed by atoms with Crippen LogP contribution in [0.25, 0.3) is 10.6 Å². The Kier molecular flexibility index (Phi) is 6.60. The second kappa shape index (κ2) is 9.32. The highest BCUT2D eigenvalue weighted by atomic mass is 32.1. The Hall–Kier alpha value is -2.93. The quantitative estimate of drug-likeness (QED) is 0.588. The first-order valence-electron chi connectivity index (χ1n) is 9.22. The smallest absolute Gasteiger partial charge is 0.342 e. The molecule has 2 heterocycles. The molecule has 0 fully saturated rings. The molecule has 0 spiro atoms. The van der Waals surface area contributed by atoms with E-state index in [-0.39, 0.29) is 5.91 Å². The minimum absolute atomic E-state index is 0.301. The van der Waals surface area contributed by atoms with Crippen molar-refractivity contribution in [2.24, 2.45) is 0 Å². The van der Waals surface area contributed by atoms with Crippen molar-refractivity contribution in [2.75, 3.05) is 6.54 Å². The van der Waals surface area contributed by atoms with Crippen molar-refractivity contribution >= 4 is 23.2 Å². The fourth-order valence-electron chi connectivity index (χ4n) is 2.69. The van der Waals surface area contributed by atoms with Crippen LogP contribution in [0, 0.1) is 0 Å². The average Bonchev–Trinajstić information content (AvgIpc) is 3.36. The SMILES string of the molecule is CCCNC(=O)[C@@H](C)OC(=O)c1cn(Cc2ccccc2)nc1-c1cccs1. The van der Waals surface area contributed by atoms with Gasteiger partial charge in [0.1, 0.15) is 11.3 Å². The van der Waals surface area contributed by atoms with Crippen LogP contribution in [0.3, 0.4) is 0 Å². The van der Waals surface area contributed by atoms with Gasteiger partial charge in [-0.3, -0.25) is 9.48 Å². The molecule has 7 heteroatoms. The largest absolute Gasteiger partial charge is 0.449 e. The van der Waals surface area contributed by atoms with E-state index in [1.165, 1.54) is 11.3 Å². The predicted octanol–water partition coefficient (Wildman–Crippen LogP) is 3.73. The second-order valence-electron chi connectivity index (χ2n) is 6.39. The first-order valence-corrected chi connectivity index (χ1v) is 10.1. The molecule has 0 bridgehead atoms. The van der Waals surface area contributed by atoms with Crippen LogP contribution in [-0.2, 0) is 16.1 Å². The molecule has 0 aliphatic carbocycles. The van der Waals surface area contributed by atoms with Crippen molar-refractivity contribution in [2.45, 2.75) is 32.9 Å². The molecule has 6 nitrogen and oxygen atoms in total. The zero-order valence-electron chi connectivity index (χ0n) is 15.9. The summed E-state index contributed by atoms with van der Waals surface area (Å²) in [6.07, 6.45) is 1.63. The number of esters is 1. The molecule has 3 aromatic rings. The van der Waals surface area contributed by atoms with E-state index >= 15 is 0 Å². The number of nitrogens with zero attached hydrogens (tertiary/aromatic N) is 2. The Morgan fingerprint density at radius 3 is 2.68 bits per heavy atom. The lowest BCUT2D eigenvalue weighted by molar-refractivity contribution is -0.129. The predicted molar refractivity (Wildman–Crippen MR) is 109 cm³/mol. The Labute approximate surface area is 168 Å². The maximum Gasteiger partial charge on any atom is 0.342 e. The minimum atomic E-state index is -0.868. The number of rotatable bonds is 8. The van der Waals surface area contributed by atoms with Gasteiger partial charge in [0, 0.05) is 12.7 Å². The summed E-state index contributed by atoms with van der Waals surface area (Å²) in [5.74, 6) is -0.855. The van der Waals surface area contributed by atoms with Crippen molar-refractivity contribution in [1.82, 2.24) is 15.1 Å². The second-order valence-corrected chi connectivity index (χ2v) is 7.34. The topological polar surface area (TPSA) is 73.2 Å². The van der Waals surface area contributed by atoms with Gasteiger partial charge in [0.25, 0.3) is 5.91 Å². The van der Waals surface area contributed by atoms with Crippen LogP contribution < -0.4 is 5.32 Å². The van der Waals surface area contributed by atoms with E-state index in [1.807, 2.05) is 54.8 Å². The molecule has 1 aromatic carbocycles. The van der Waals surface area contributed by atoms with E-state index in [0.29, 0.717) is 24.3 Å². The molecule has 1 atom stereocenters. The Bertz CT molecular complexity index is 920. The van der Waals surface area contributed by atoms with Crippen molar-refractivity contribution in [1.29, 1.82) is 0 Å². The third kappa shape index (κ3) is 4.86. The highest BCUT2D eigenvalue weighted by molar-refractivity contribution is 7.13. The molecule has 0 saturated heterocycles. The van der Waals surface area contributed by atoms with Crippen LogP contribution in [0.5, 0.6) is 0 Å². The molecule has 0 saturated carbocycles. The number of hydrogen-bond donors (Lipinski definition) is 1. The molecule has 1 N–H and O–H groups in total. The van der Waals surface area contributed by atoms with Crippen LogP contribution >= 0.6 is 11.3 Å². The Morgan fingerprint density at radius 1 is 1.21 bits per heavy atom. The van der Waals surface area contributed by atoms with E-state index in [4.69, 9.17) is 4.74 Å². The number of carbonyl (C=O) groups is 2. The number of aromatic nitrogens is 2. The number of thiophene rings is 1. The maximum absolute atomic E-state index is 12.8. The summed E-state index contributed by atoms with van der Waals surface area (Å²) in [5.41, 5.74) is 2.00. The van der Waals surface area contributed by atoms with E-state index in [2.05, 4.69) is 10.4 Å². The fourth-order valence-corrected chi connectivity index (χ4v) is 3.41. The van der Waals surface area contributed by atoms with Crippen molar-refractivity contribution in [3.8, 4) is 10.6 Å². The summed E-state index contributed by atoms with van der Waals surface area (Å²) in [6.45, 7) is 4.63. The van der Waals surface area contributed by atoms with Gasteiger partial charge in [0.05, 0.1) is 11.4 Å².